The number of para-hydroxylation sites is 1. The molecule has 0 fully saturated rings. The molecule has 0 saturated heterocycles. The lowest BCUT2D eigenvalue weighted by atomic mass is 10.2. The van der Waals surface area contributed by atoms with E-state index in [-0.39, 0.29) is 11.1 Å². The number of aromatic nitrogens is 4. The Morgan fingerprint density at radius 3 is 2.26 bits per heavy atom. The van der Waals surface area contributed by atoms with Crippen molar-refractivity contribution >= 4 is 33.3 Å². The Morgan fingerprint density at radius 1 is 0.882 bits per heavy atom. The Kier molecular flexibility index (Phi) is 5.80. The summed E-state index contributed by atoms with van der Waals surface area (Å²) in [6.07, 6.45) is 0. The van der Waals surface area contributed by atoms with E-state index in [4.69, 9.17) is 4.98 Å². The van der Waals surface area contributed by atoms with Crippen molar-refractivity contribution < 1.29 is 0 Å². The molecule has 0 bridgehead atoms. The third kappa shape index (κ3) is 3.93. The number of thiophene rings is 1. The first kappa shape index (κ1) is 22.1. The summed E-state index contributed by atoms with van der Waals surface area (Å²) in [7, 11) is 3.08. The van der Waals surface area contributed by atoms with Gasteiger partial charge in [-0.05, 0) is 23.8 Å². The average molecular weight is 489 g/mol. The van der Waals surface area contributed by atoms with Crippen LogP contribution in [0, 0.1) is 0 Å². The van der Waals surface area contributed by atoms with Crippen molar-refractivity contribution in [3.8, 4) is 16.1 Å². The van der Waals surface area contributed by atoms with Gasteiger partial charge in [0.1, 0.15) is 4.83 Å². The van der Waals surface area contributed by atoms with Crippen LogP contribution in [0.1, 0.15) is 5.69 Å². The van der Waals surface area contributed by atoms with Crippen LogP contribution in [-0.4, -0.2) is 18.7 Å². The largest absolute Gasteiger partial charge is 0.330 e. The van der Waals surface area contributed by atoms with Crippen molar-refractivity contribution in [2.45, 2.75) is 10.9 Å². The second-order valence-electron chi connectivity index (χ2n) is 7.73. The van der Waals surface area contributed by atoms with Crippen molar-refractivity contribution in [1.29, 1.82) is 0 Å². The van der Waals surface area contributed by atoms with E-state index in [0.29, 0.717) is 32.5 Å². The van der Waals surface area contributed by atoms with Crippen molar-refractivity contribution in [3.63, 3.8) is 0 Å². The zero-order valence-electron chi connectivity index (χ0n) is 18.5. The van der Waals surface area contributed by atoms with Crippen molar-refractivity contribution in [3.05, 3.63) is 110 Å². The van der Waals surface area contributed by atoms with E-state index in [9.17, 15) is 14.4 Å². The number of hydrogen-bond acceptors (Lipinski definition) is 6. The molecule has 9 heteroatoms. The number of rotatable bonds is 5. The van der Waals surface area contributed by atoms with E-state index >= 15 is 0 Å². The molecule has 0 aliphatic heterocycles. The standard InChI is InChI=1S/C25H20N4O3S2/c1-27-18(13-21(30)28(2)25(27)32)15-33-24-26-22-19(14-20(34-22)16-9-5-3-6-10-16)23(31)29(24)17-11-7-4-8-12-17/h3-14H,15H2,1-2H3. The minimum absolute atomic E-state index is 0.157. The zero-order valence-corrected chi connectivity index (χ0v) is 20.1. The molecule has 0 saturated carbocycles. The Labute approximate surface area is 202 Å². The predicted octanol–water partition coefficient (Wildman–Crippen LogP) is 3.80. The van der Waals surface area contributed by atoms with Gasteiger partial charge in [-0.2, -0.15) is 0 Å². The summed E-state index contributed by atoms with van der Waals surface area (Å²) in [5.74, 6) is 0.309. The molecule has 7 nitrogen and oxygen atoms in total. The van der Waals surface area contributed by atoms with Crippen molar-refractivity contribution in [2.75, 3.05) is 0 Å². The molecule has 0 radical (unpaired) electrons. The Hall–Kier alpha value is -3.69. The lowest BCUT2D eigenvalue weighted by molar-refractivity contribution is 0.664. The summed E-state index contributed by atoms with van der Waals surface area (Å²) in [5.41, 5.74) is 1.37. The summed E-state index contributed by atoms with van der Waals surface area (Å²) in [4.78, 5) is 44.6. The van der Waals surface area contributed by atoms with Crippen LogP contribution in [0.5, 0.6) is 0 Å². The summed E-state index contributed by atoms with van der Waals surface area (Å²) >= 11 is 2.79. The number of hydrogen-bond donors (Lipinski definition) is 0. The number of benzene rings is 2. The van der Waals surface area contributed by atoms with E-state index in [1.807, 2.05) is 66.7 Å². The van der Waals surface area contributed by atoms with Gasteiger partial charge in [-0.3, -0.25) is 23.3 Å². The molecule has 170 valence electrons. The Balaban J connectivity index is 1.65. The predicted molar refractivity (Wildman–Crippen MR) is 137 cm³/mol. The fourth-order valence-corrected chi connectivity index (χ4v) is 5.78. The number of fused-ring (bicyclic) bond motifs is 1. The minimum Gasteiger partial charge on any atom is -0.300 e. The van der Waals surface area contributed by atoms with Gasteiger partial charge in [0, 0.05) is 36.5 Å². The van der Waals surface area contributed by atoms with E-state index in [1.165, 1.54) is 40.8 Å². The highest BCUT2D eigenvalue weighted by Crippen LogP contribution is 2.33. The maximum atomic E-state index is 13.6. The van der Waals surface area contributed by atoms with Gasteiger partial charge >= 0.3 is 5.69 Å². The van der Waals surface area contributed by atoms with Crippen LogP contribution in [0.4, 0.5) is 0 Å². The molecule has 2 aromatic carbocycles. The summed E-state index contributed by atoms with van der Waals surface area (Å²) in [6, 6.07) is 22.6. The van der Waals surface area contributed by atoms with Gasteiger partial charge in [0.15, 0.2) is 5.16 Å². The SMILES string of the molecule is Cn1c(CSc2nc3sc(-c4ccccc4)cc3c(=O)n2-c2ccccc2)cc(=O)n(C)c1=O. The lowest BCUT2D eigenvalue weighted by Crippen LogP contribution is -2.37. The fourth-order valence-electron chi connectivity index (χ4n) is 3.66. The molecule has 0 aliphatic carbocycles. The third-order valence-corrected chi connectivity index (χ3v) is 7.63. The van der Waals surface area contributed by atoms with Gasteiger partial charge in [-0.1, -0.05) is 60.3 Å². The molecular formula is C25H20N4O3S2. The third-order valence-electron chi connectivity index (χ3n) is 5.58. The summed E-state index contributed by atoms with van der Waals surface area (Å²) < 4.78 is 4.10. The number of thioether (sulfide) groups is 1. The molecule has 5 aromatic rings. The first-order valence-electron chi connectivity index (χ1n) is 10.5. The van der Waals surface area contributed by atoms with Gasteiger partial charge < -0.3 is 0 Å². The lowest BCUT2D eigenvalue weighted by Gasteiger charge is -2.13. The number of nitrogens with zero attached hydrogens (tertiary/aromatic N) is 4. The van der Waals surface area contributed by atoms with Crippen LogP contribution in [-0.2, 0) is 19.8 Å². The van der Waals surface area contributed by atoms with Crippen molar-refractivity contribution in [1.82, 2.24) is 18.7 Å². The second kappa shape index (κ2) is 8.92. The average Bonchev–Trinajstić information content (AvgIpc) is 3.30. The molecule has 3 heterocycles. The summed E-state index contributed by atoms with van der Waals surface area (Å²) in [5, 5.41) is 1.05. The fraction of sp³-hybridized carbons (Fsp3) is 0.120. The monoisotopic (exact) mass is 488 g/mol. The molecule has 0 amide bonds. The van der Waals surface area contributed by atoms with E-state index in [0.717, 1.165) is 15.0 Å². The van der Waals surface area contributed by atoms with Crippen LogP contribution < -0.4 is 16.8 Å². The maximum absolute atomic E-state index is 13.6. The first-order chi connectivity index (χ1) is 16.4. The van der Waals surface area contributed by atoms with Crippen LogP contribution in [0.15, 0.2) is 92.3 Å². The molecule has 34 heavy (non-hydrogen) atoms. The molecule has 3 aromatic heterocycles. The smallest absolute Gasteiger partial charge is 0.300 e. The molecule has 0 unspecified atom stereocenters. The van der Waals surface area contributed by atoms with Crippen LogP contribution >= 0.6 is 23.1 Å². The van der Waals surface area contributed by atoms with Crippen molar-refractivity contribution in [2.24, 2.45) is 14.1 Å². The highest BCUT2D eigenvalue weighted by atomic mass is 32.2. The molecule has 0 atom stereocenters. The minimum atomic E-state index is -0.391. The highest BCUT2D eigenvalue weighted by Gasteiger charge is 2.17. The summed E-state index contributed by atoms with van der Waals surface area (Å²) in [6.45, 7) is 0. The maximum Gasteiger partial charge on any atom is 0.330 e. The molecular weight excluding hydrogens is 468 g/mol. The molecule has 0 N–H and O–H groups in total. The van der Waals surface area contributed by atoms with Crippen LogP contribution in [0.25, 0.3) is 26.3 Å². The highest BCUT2D eigenvalue weighted by molar-refractivity contribution is 7.98. The van der Waals surface area contributed by atoms with Gasteiger partial charge in [0.05, 0.1) is 11.1 Å². The van der Waals surface area contributed by atoms with Gasteiger partial charge in [-0.15, -0.1) is 11.3 Å². The van der Waals surface area contributed by atoms with E-state index < -0.39 is 5.69 Å². The van der Waals surface area contributed by atoms with Gasteiger partial charge in [0.25, 0.3) is 11.1 Å². The molecule has 0 spiro atoms. The van der Waals surface area contributed by atoms with Crippen LogP contribution in [0.3, 0.4) is 0 Å². The zero-order chi connectivity index (χ0) is 23.8. The first-order valence-corrected chi connectivity index (χ1v) is 12.3. The van der Waals surface area contributed by atoms with Gasteiger partial charge in [-0.25, -0.2) is 9.78 Å². The molecule has 5 rings (SSSR count). The Bertz CT molecular complexity index is 1680. The second-order valence-corrected chi connectivity index (χ2v) is 9.70. The van der Waals surface area contributed by atoms with E-state index in [2.05, 4.69) is 0 Å². The Morgan fingerprint density at radius 2 is 1.56 bits per heavy atom. The van der Waals surface area contributed by atoms with Gasteiger partial charge in [0.2, 0.25) is 0 Å². The van der Waals surface area contributed by atoms with E-state index in [1.54, 1.807) is 11.6 Å². The molecule has 0 aliphatic rings. The topological polar surface area (TPSA) is 78.9 Å². The quantitative estimate of drug-likeness (QED) is 0.278. The van der Waals surface area contributed by atoms with Crippen LogP contribution in [0.2, 0.25) is 0 Å². The normalized spacial score (nSPS) is 11.2.